The lowest BCUT2D eigenvalue weighted by Gasteiger charge is -2.36. The zero-order valence-corrected chi connectivity index (χ0v) is 26.7. The highest BCUT2D eigenvalue weighted by molar-refractivity contribution is 6.08. The highest BCUT2D eigenvalue weighted by Crippen LogP contribution is 2.35. The SMILES string of the molecule is COCc1cn2ncc(C(=O)Nc3cn([C@H]4CC[C@H](C(=O)OC)CC4)nc3C(F)F)c2nc1N1CCN(C(=O)OC(C)(C)C)CC1. The normalized spacial score (nSPS) is 19.0. The quantitative estimate of drug-likeness (QED) is 0.353. The molecule has 5 rings (SSSR count). The predicted octanol–water partition coefficient (Wildman–Crippen LogP) is 4.22. The number of esters is 1. The van der Waals surface area contributed by atoms with Crippen molar-refractivity contribution in [3.63, 3.8) is 0 Å². The number of aromatic nitrogens is 5. The van der Waals surface area contributed by atoms with E-state index >= 15 is 0 Å². The fourth-order valence-corrected chi connectivity index (χ4v) is 5.84. The lowest BCUT2D eigenvalue weighted by atomic mass is 9.86. The molecule has 3 aromatic rings. The molecule has 2 fully saturated rings. The third kappa shape index (κ3) is 7.21. The number of alkyl halides is 2. The molecule has 46 heavy (non-hydrogen) atoms. The number of carbonyl (C=O) groups is 3. The van der Waals surface area contributed by atoms with Crippen molar-refractivity contribution in [2.75, 3.05) is 50.6 Å². The number of rotatable bonds is 8. The first-order valence-electron chi connectivity index (χ1n) is 15.2. The predicted molar refractivity (Wildman–Crippen MR) is 162 cm³/mol. The summed E-state index contributed by atoms with van der Waals surface area (Å²) in [6.07, 6.45) is 3.39. The summed E-state index contributed by atoms with van der Waals surface area (Å²) in [6, 6.07) is -0.194. The Hall–Kier alpha value is -4.34. The van der Waals surface area contributed by atoms with Crippen LogP contribution in [0, 0.1) is 5.92 Å². The summed E-state index contributed by atoms with van der Waals surface area (Å²) in [4.78, 5) is 46.4. The zero-order chi connectivity index (χ0) is 33.2. The molecule has 16 heteroatoms. The van der Waals surface area contributed by atoms with E-state index in [0.717, 1.165) is 5.56 Å². The minimum Gasteiger partial charge on any atom is -0.469 e. The molecular formula is C30H40F2N8O6. The van der Waals surface area contributed by atoms with Crippen molar-refractivity contribution in [3.05, 3.63) is 35.4 Å². The molecule has 1 N–H and O–H groups in total. The molecule has 250 valence electrons. The molecule has 3 aromatic heterocycles. The molecule has 0 spiro atoms. The summed E-state index contributed by atoms with van der Waals surface area (Å²) >= 11 is 0. The molecule has 0 radical (unpaired) electrons. The molecule has 0 atom stereocenters. The maximum atomic E-state index is 14.0. The largest absolute Gasteiger partial charge is 0.469 e. The minimum atomic E-state index is -2.92. The molecule has 1 saturated heterocycles. The van der Waals surface area contributed by atoms with Gasteiger partial charge in [0.2, 0.25) is 0 Å². The lowest BCUT2D eigenvalue weighted by Crippen LogP contribution is -2.50. The van der Waals surface area contributed by atoms with E-state index in [1.165, 1.54) is 28.7 Å². The van der Waals surface area contributed by atoms with Gasteiger partial charge in [0, 0.05) is 51.2 Å². The monoisotopic (exact) mass is 646 g/mol. The Morgan fingerprint density at radius 2 is 1.74 bits per heavy atom. The molecule has 4 heterocycles. The van der Waals surface area contributed by atoms with Crippen molar-refractivity contribution in [2.24, 2.45) is 5.92 Å². The van der Waals surface area contributed by atoms with Crippen molar-refractivity contribution >= 4 is 35.1 Å². The Kier molecular flexibility index (Phi) is 9.74. The molecule has 1 aliphatic heterocycles. The van der Waals surface area contributed by atoms with Gasteiger partial charge in [-0.05, 0) is 46.5 Å². The number of ether oxygens (including phenoxy) is 3. The summed E-state index contributed by atoms with van der Waals surface area (Å²) in [5.74, 6) is -0.602. The van der Waals surface area contributed by atoms with Crippen LogP contribution in [0.15, 0.2) is 18.6 Å². The van der Waals surface area contributed by atoms with Crippen molar-refractivity contribution < 1.29 is 37.4 Å². The smallest absolute Gasteiger partial charge is 0.410 e. The van der Waals surface area contributed by atoms with Crippen LogP contribution in [0.1, 0.15) is 80.5 Å². The van der Waals surface area contributed by atoms with Crippen LogP contribution in [0.5, 0.6) is 0 Å². The summed E-state index contributed by atoms with van der Waals surface area (Å²) in [6.45, 7) is 7.42. The van der Waals surface area contributed by atoms with Gasteiger partial charge in [-0.1, -0.05) is 0 Å². The molecule has 2 amide bonds. The van der Waals surface area contributed by atoms with E-state index < -0.39 is 23.6 Å². The second-order valence-electron chi connectivity index (χ2n) is 12.5. The number of carbonyl (C=O) groups excluding carboxylic acids is 3. The Morgan fingerprint density at radius 1 is 1.04 bits per heavy atom. The zero-order valence-electron chi connectivity index (χ0n) is 26.7. The van der Waals surface area contributed by atoms with Gasteiger partial charge >= 0.3 is 12.1 Å². The maximum Gasteiger partial charge on any atom is 0.410 e. The van der Waals surface area contributed by atoms with Gasteiger partial charge in [-0.25, -0.2) is 23.1 Å². The van der Waals surface area contributed by atoms with E-state index in [1.807, 2.05) is 25.7 Å². The third-order valence-corrected chi connectivity index (χ3v) is 8.14. The number of piperazine rings is 1. The van der Waals surface area contributed by atoms with Gasteiger partial charge in [0.25, 0.3) is 12.3 Å². The first-order chi connectivity index (χ1) is 21.9. The molecule has 0 bridgehead atoms. The number of nitrogens with zero attached hydrogens (tertiary/aromatic N) is 7. The van der Waals surface area contributed by atoms with E-state index in [1.54, 1.807) is 18.2 Å². The van der Waals surface area contributed by atoms with E-state index in [2.05, 4.69) is 15.5 Å². The van der Waals surface area contributed by atoms with E-state index in [4.69, 9.17) is 19.2 Å². The molecule has 0 unspecified atom stereocenters. The average molecular weight is 647 g/mol. The van der Waals surface area contributed by atoms with Crippen LogP contribution in [-0.4, -0.2) is 93.2 Å². The topological polar surface area (TPSA) is 145 Å². The summed E-state index contributed by atoms with van der Waals surface area (Å²) in [5, 5.41) is 11.0. The first kappa shape index (κ1) is 33.0. The van der Waals surface area contributed by atoms with Crippen LogP contribution < -0.4 is 10.2 Å². The standard InChI is InChI=1S/C30H40F2N8O6/c1-30(2,3)46-29(43)38-12-10-37(11-13-38)25-19(17-44-4)15-40-26(35-25)21(14-33-40)27(41)34-22-16-39(36-23(22)24(31)32)20-8-6-18(7-9-20)28(42)45-5/h14-16,18,20,24H,6-13,17H2,1-5H3,(H,34,41)/t18-,20-. The average Bonchev–Trinajstić information content (AvgIpc) is 3.64. The van der Waals surface area contributed by atoms with Crippen LogP contribution in [0.3, 0.4) is 0 Å². The molecule has 0 aromatic carbocycles. The number of hydrogen-bond acceptors (Lipinski definition) is 10. The van der Waals surface area contributed by atoms with Gasteiger partial charge in [0.15, 0.2) is 11.3 Å². The molecule has 1 aliphatic carbocycles. The summed E-state index contributed by atoms with van der Waals surface area (Å²) in [5.41, 5.74) is -0.217. The van der Waals surface area contributed by atoms with Gasteiger partial charge in [0.05, 0.1) is 37.6 Å². The molecule has 2 aliphatic rings. The molecule has 1 saturated carbocycles. The Morgan fingerprint density at radius 3 is 2.35 bits per heavy atom. The van der Waals surface area contributed by atoms with Crippen molar-refractivity contribution in [3.8, 4) is 0 Å². The van der Waals surface area contributed by atoms with E-state index in [-0.39, 0.29) is 47.5 Å². The van der Waals surface area contributed by atoms with Gasteiger partial charge in [-0.2, -0.15) is 10.2 Å². The number of halogens is 2. The Balaban J connectivity index is 1.35. The number of amides is 2. The van der Waals surface area contributed by atoms with E-state index in [0.29, 0.717) is 57.7 Å². The summed E-state index contributed by atoms with van der Waals surface area (Å²) in [7, 11) is 2.90. The highest BCUT2D eigenvalue weighted by atomic mass is 19.3. The maximum absolute atomic E-state index is 14.0. The Labute approximate surface area is 264 Å². The van der Waals surface area contributed by atoms with Gasteiger partial charge in [-0.3, -0.25) is 14.3 Å². The van der Waals surface area contributed by atoms with Crippen molar-refractivity contribution in [2.45, 2.75) is 71.1 Å². The van der Waals surface area contributed by atoms with Crippen LogP contribution >= 0.6 is 0 Å². The van der Waals surface area contributed by atoms with E-state index in [9.17, 15) is 23.2 Å². The van der Waals surface area contributed by atoms with Crippen LogP contribution in [-0.2, 0) is 25.6 Å². The first-order valence-corrected chi connectivity index (χ1v) is 15.2. The number of nitrogens with one attached hydrogen (secondary N) is 1. The molecule has 14 nitrogen and oxygen atoms in total. The fourth-order valence-electron chi connectivity index (χ4n) is 5.84. The summed E-state index contributed by atoms with van der Waals surface area (Å²) < 4.78 is 46.7. The third-order valence-electron chi connectivity index (χ3n) is 8.14. The van der Waals surface area contributed by atoms with Gasteiger partial charge in [0.1, 0.15) is 17.0 Å². The number of hydrogen-bond donors (Lipinski definition) is 1. The Bertz CT molecular complexity index is 1570. The molecular weight excluding hydrogens is 606 g/mol. The number of methoxy groups -OCH3 is 2. The lowest BCUT2D eigenvalue weighted by molar-refractivity contribution is -0.146. The second kappa shape index (κ2) is 13.6. The van der Waals surface area contributed by atoms with Crippen LogP contribution in [0.2, 0.25) is 0 Å². The van der Waals surface area contributed by atoms with Crippen molar-refractivity contribution in [1.29, 1.82) is 0 Å². The number of fused-ring (bicyclic) bond motifs is 1. The highest BCUT2D eigenvalue weighted by Gasteiger charge is 2.31. The van der Waals surface area contributed by atoms with Crippen LogP contribution in [0.4, 0.5) is 25.1 Å². The number of anilines is 2. The van der Waals surface area contributed by atoms with Gasteiger partial charge < -0.3 is 29.3 Å². The van der Waals surface area contributed by atoms with Gasteiger partial charge in [-0.15, -0.1) is 0 Å². The second-order valence-corrected chi connectivity index (χ2v) is 12.5. The van der Waals surface area contributed by atoms with Crippen LogP contribution in [0.25, 0.3) is 5.65 Å². The van der Waals surface area contributed by atoms with Crippen molar-refractivity contribution in [1.82, 2.24) is 29.3 Å². The minimum absolute atomic E-state index is 0.0872. The fraction of sp³-hybridized carbons (Fsp3) is 0.600.